The Balaban J connectivity index is 1.85. The van der Waals surface area contributed by atoms with Crippen LogP contribution in [0, 0.1) is 0 Å². The molecule has 3 rings (SSSR count). The minimum Gasteiger partial charge on any atom is -0.478 e. The van der Waals surface area contributed by atoms with Gasteiger partial charge in [0, 0.05) is 19.7 Å². The van der Waals surface area contributed by atoms with E-state index in [1.165, 1.54) is 24.3 Å². The number of rotatable bonds is 6. The number of halogens is 3. The lowest BCUT2D eigenvalue weighted by Crippen LogP contribution is -2.19. The van der Waals surface area contributed by atoms with Crippen molar-refractivity contribution in [3.05, 3.63) is 96.1 Å². The molecule has 0 aromatic heterocycles. The van der Waals surface area contributed by atoms with Crippen LogP contribution in [-0.2, 0) is 0 Å². The van der Waals surface area contributed by atoms with Crippen LogP contribution in [0.1, 0.15) is 22.0 Å². The minimum absolute atomic E-state index is 0.167. The number of Topliss-reactive ketones (excluding diaryl/α,β-unsaturated/α-hetero) is 1. The van der Waals surface area contributed by atoms with Crippen LogP contribution in [0.3, 0.4) is 0 Å². The lowest BCUT2D eigenvalue weighted by atomic mass is 10.00. The van der Waals surface area contributed by atoms with Gasteiger partial charge >= 0.3 is 5.92 Å². The maximum atomic E-state index is 12.9. The molecule has 0 heterocycles. The fourth-order valence-electron chi connectivity index (χ4n) is 2.57. The summed E-state index contributed by atoms with van der Waals surface area (Å²) in [5, 5.41) is 0.167. The van der Waals surface area contributed by atoms with Crippen molar-refractivity contribution in [2.45, 2.75) is 12.0 Å². The summed E-state index contributed by atoms with van der Waals surface area (Å²) in [4.78, 5) is 12.9. The molecule has 0 bridgehead atoms. The summed E-state index contributed by atoms with van der Waals surface area (Å²) >= 11 is 0. The number of ether oxygens (including phenoxy) is 1. The van der Waals surface area contributed by atoms with Gasteiger partial charge in [-0.2, -0.15) is 13.2 Å². The highest BCUT2D eigenvalue weighted by atomic mass is 31.1. The molecule has 27 heavy (non-hydrogen) atoms. The van der Waals surface area contributed by atoms with E-state index in [-0.39, 0.29) is 11.1 Å². The molecular weight excluding hydrogens is 372 g/mol. The summed E-state index contributed by atoms with van der Waals surface area (Å²) in [5.41, 5.74) is 1.18. The van der Waals surface area contributed by atoms with Gasteiger partial charge in [0.1, 0.15) is 5.75 Å². The Bertz CT molecular complexity index is 879. The predicted molar refractivity (Wildman–Crippen MR) is 101 cm³/mol. The van der Waals surface area contributed by atoms with Crippen molar-refractivity contribution >= 4 is 19.7 Å². The van der Waals surface area contributed by atoms with Crippen molar-refractivity contribution < 1.29 is 22.7 Å². The molecule has 2 unspecified atom stereocenters. The fraction of sp³-hybridized carbons (Fsp3) is 0.0952. The Kier molecular flexibility index (Phi) is 5.92. The maximum absolute atomic E-state index is 12.9. The molecule has 0 aliphatic heterocycles. The zero-order chi connectivity index (χ0) is 19.3. The molecule has 0 aliphatic rings. The summed E-state index contributed by atoms with van der Waals surface area (Å²) in [5.74, 6) is -4.12. The molecule has 3 aromatic rings. The first kappa shape index (κ1) is 19.1. The van der Waals surface area contributed by atoms with Gasteiger partial charge in [-0.1, -0.05) is 72.8 Å². The lowest BCUT2D eigenvalue weighted by Gasteiger charge is -2.19. The largest absolute Gasteiger partial charge is 0.478 e. The number of ketones is 1. The molecule has 3 aromatic carbocycles. The summed E-state index contributed by atoms with van der Waals surface area (Å²) in [7, 11) is -1.27. The summed E-state index contributed by atoms with van der Waals surface area (Å²) in [6.07, 6.45) is -0.885. The zero-order valence-electron chi connectivity index (χ0n) is 14.1. The normalized spacial score (nSPS) is 12.9. The van der Waals surface area contributed by atoms with Gasteiger partial charge in [0.05, 0.1) is 0 Å². The maximum Gasteiger partial charge on any atom is 0.406 e. The van der Waals surface area contributed by atoms with Crippen LogP contribution in [0.4, 0.5) is 13.2 Å². The van der Waals surface area contributed by atoms with Crippen LogP contribution in [0.15, 0.2) is 84.9 Å². The van der Waals surface area contributed by atoms with Crippen molar-refractivity contribution in [1.82, 2.24) is 0 Å². The van der Waals surface area contributed by atoms with Gasteiger partial charge in [0.2, 0.25) is 5.78 Å². The second-order valence-corrected chi connectivity index (χ2v) is 7.18. The zero-order valence-corrected chi connectivity index (χ0v) is 15.1. The van der Waals surface area contributed by atoms with Crippen molar-refractivity contribution in [1.29, 1.82) is 0 Å². The molecule has 0 amide bonds. The van der Waals surface area contributed by atoms with Crippen molar-refractivity contribution in [2.24, 2.45) is 0 Å². The van der Waals surface area contributed by atoms with Gasteiger partial charge in [0.25, 0.3) is 0 Å². The van der Waals surface area contributed by atoms with Gasteiger partial charge < -0.3 is 4.74 Å². The molecule has 138 valence electrons. The Morgan fingerprint density at radius 2 is 1.37 bits per heavy atom. The van der Waals surface area contributed by atoms with Gasteiger partial charge in [-0.15, -0.1) is 0 Å². The highest BCUT2D eigenvalue weighted by Gasteiger charge is 2.28. The van der Waals surface area contributed by atoms with E-state index in [0.29, 0.717) is 16.9 Å². The third-order valence-corrected chi connectivity index (χ3v) is 4.70. The highest BCUT2D eigenvalue weighted by Crippen LogP contribution is 2.36. The van der Waals surface area contributed by atoms with Crippen LogP contribution in [0.5, 0.6) is 5.75 Å². The third-order valence-electron chi connectivity index (χ3n) is 3.79. The van der Waals surface area contributed by atoms with E-state index in [1.54, 1.807) is 48.5 Å². The summed E-state index contributed by atoms with van der Waals surface area (Å²) in [6, 6.07) is 23.4. The number of alkyl halides is 3. The average molecular weight is 388 g/mol. The van der Waals surface area contributed by atoms with Crippen LogP contribution in [-0.4, -0.2) is 11.7 Å². The van der Waals surface area contributed by atoms with E-state index in [4.69, 9.17) is 4.74 Å². The average Bonchev–Trinajstić information content (AvgIpc) is 2.67. The molecule has 0 radical (unpaired) electrons. The number of carbonyl (C=O) groups excluding carboxylic acids is 1. The van der Waals surface area contributed by atoms with Gasteiger partial charge in [0.15, 0.2) is 6.10 Å². The van der Waals surface area contributed by atoms with Crippen LogP contribution in [0.25, 0.3) is 0 Å². The van der Waals surface area contributed by atoms with Crippen molar-refractivity contribution in [3.63, 3.8) is 0 Å². The fourth-order valence-corrected chi connectivity index (χ4v) is 3.23. The van der Waals surface area contributed by atoms with E-state index in [2.05, 4.69) is 0 Å². The molecule has 0 N–H and O–H groups in total. The van der Waals surface area contributed by atoms with Gasteiger partial charge in [-0.3, -0.25) is 4.79 Å². The third kappa shape index (κ3) is 5.41. The Morgan fingerprint density at radius 1 is 0.815 bits per heavy atom. The monoisotopic (exact) mass is 388 g/mol. The van der Waals surface area contributed by atoms with Crippen molar-refractivity contribution in [2.75, 3.05) is 0 Å². The van der Waals surface area contributed by atoms with E-state index >= 15 is 0 Å². The molecule has 2 atom stereocenters. The van der Waals surface area contributed by atoms with E-state index in [0.717, 1.165) is 0 Å². The van der Waals surface area contributed by atoms with Crippen molar-refractivity contribution in [3.8, 4) is 5.75 Å². The highest BCUT2D eigenvalue weighted by molar-refractivity contribution is 7.48. The van der Waals surface area contributed by atoms with Crippen LogP contribution >= 0.6 is 8.58 Å². The molecule has 0 saturated heterocycles. The molecular formula is C21H16F3O2P. The first-order chi connectivity index (χ1) is 12.9. The quantitative estimate of drug-likeness (QED) is 0.411. The Labute approximate surface area is 156 Å². The summed E-state index contributed by atoms with van der Waals surface area (Å²) in [6.45, 7) is 0. The Hall–Kier alpha value is -2.65. The predicted octanol–water partition coefficient (Wildman–Crippen LogP) is 5.51. The molecule has 2 nitrogen and oxygen atoms in total. The van der Waals surface area contributed by atoms with Gasteiger partial charge in [-0.25, -0.2) is 0 Å². The first-order valence-corrected chi connectivity index (χ1v) is 9.18. The molecule has 0 fully saturated rings. The number of benzene rings is 3. The van der Waals surface area contributed by atoms with Crippen LogP contribution < -0.4 is 10.0 Å². The number of hydrogen-bond donors (Lipinski definition) is 0. The number of hydrogen-bond acceptors (Lipinski definition) is 2. The number of carbonyl (C=O) groups is 1. The van der Waals surface area contributed by atoms with E-state index < -0.39 is 20.6 Å². The van der Waals surface area contributed by atoms with E-state index in [9.17, 15) is 18.0 Å². The molecule has 0 saturated carbocycles. The first-order valence-electron chi connectivity index (χ1n) is 8.18. The minimum atomic E-state index is -4.24. The van der Waals surface area contributed by atoms with Crippen LogP contribution in [0.2, 0.25) is 0 Å². The lowest BCUT2D eigenvalue weighted by molar-refractivity contribution is -0.0359. The molecule has 0 aliphatic carbocycles. The second-order valence-electron chi connectivity index (χ2n) is 5.79. The topological polar surface area (TPSA) is 26.3 Å². The summed E-state index contributed by atoms with van der Waals surface area (Å²) < 4.78 is 43.4. The smallest absolute Gasteiger partial charge is 0.406 e. The molecule has 6 heteroatoms. The Morgan fingerprint density at radius 3 is 1.93 bits per heavy atom. The standard InChI is InChI=1S/C21H16F3O2P/c22-21(23,24)27-18-13-11-17(12-14-18)26-20(16-9-5-2-6-10-16)19(25)15-7-3-1-4-8-15/h1-14,20,27H. The molecule has 0 spiro atoms. The van der Waals surface area contributed by atoms with E-state index in [1.807, 2.05) is 12.1 Å². The SMILES string of the molecule is O=C(c1ccccc1)C(Oc1ccc(PC(F)(F)F)cc1)c1ccccc1. The second kappa shape index (κ2) is 8.36. The van der Waals surface area contributed by atoms with Gasteiger partial charge in [-0.05, 0) is 17.4 Å².